The molecule has 4 nitrogen and oxygen atoms in total. The zero-order chi connectivity index (χ0) is 12.9. The number of hydrogen-bond donors (Lipinski definition) is 2. The van der Waals surface area contributed by atoms with Gasteiger partial charge in [-0.2, -0.15) is 0 Å². The molecule has 1 amide bonds. The van der Waals surface area contributed by atoms with Gasteiger partial charge in [-0.15, -0.1) is 11.3 Å². The Morgan fingerprint density at radius 1 is 1.65 bits per heavy atom. The quantitative estimate of drug-likeness (QED) is 0.803. The van der Waals surface area contributed by atoms with E-state index in [0.717, 1.165) is 4.88 Å². The molecule has 0 radical (unpaired) electrons. The third kappa shape index (κ3) is 3.80. The second-order valence-electron chi connectivity index (χ2n) is 4.42. The summed E-state index contributed by atoms with van der Waals surface area (Å²) < 4.78 is 4.79. The normalized spacial score (nSPS) is 13.4. The van der Waals surface area contributed by atoms with E-state index in [1.165, 1.54) is 7.11 Å². The van der Waals surface area contributed by atoms with Crippen LogP contribution in [0, 0.1) is 0 Å². The number of methoxy groups -OCH3 is 1. The highest BCUT2D eigenvalue weighted by Gasteiger charge is 2.30. The number of nitrogens with one attached hydrogen (secondary N) is 1. The Bertz CT molecular complexity index is 349. The van der Waals surface area contributed by atoms with Crippen LogP contribution in [0.25, 0.3) is 0 Å². The minimum Gasteiger partial charge on any atom is -0.389 e. The van der Waals surface area contributed by atoms with Crippen LogP contribution < -0.4 is 5.32 Å². The lowest BCUT2D eigenvalue weighted by Crippen LogP contribution is -2.43. The average Bonchev–Trinajstić information content (AvgIpc) is 2.80. The Morgan fingerprint density at radius 3 is 2.88 bits per heavy atom. The second-order valence-corrected chi connectivity index (χ2v) is 5.37. The predicted octanol–water partition coefficient (Wildman–Crippen LogP) is 1.15. The van der Waals surface area contributed by atoms with Crippen LogP contribution in [0.4, 0.5) is 0 Å². The number of amides is 1. The van der Waals surface area contributed by atoms with Crippen LogP contribution in [0.5, 0.6) is 0 Å². The molecule has 0 bridgehead atoms. The van der Waals surface area contributed by atoms with Gasteiger partial charge in [0, 0.05) is 18.5 Å². The van der Waals surface area contributed by atoms with Gasteiger partial charge < -0.3 is 15.2 Å². The highest BCUT2D eigenvalue weighted by Crippen LogP contribution is 2.27. The summed E-state index contributed by atoms with van der Waals surface area (Å²) in [6.07, 6.45) is -0.664. The van der Waals surface area contributed by atoms with E-state index in [4.69, 9.17) is 4.74 Å². The van der Waals surface area contributed by atoms with Crippen molar-refractivity contribution < 1.29 is 14.6 Å². The van der Waals surface area contributed by atoms with Gasteiger partial charge in [-0.3, -0.25) is 4.79 Å². The molecular formula is C12H19NO3S. The van der Waals surface area contributed by atoms with Crippen LogP contribution in [-0.4, -0.2) is 37.4 Å². The first-order valence-electron chi connectivity index (χ1n) is 5.47. The van der Waals surface area contributed by atoms with Crippen LogP contribution in [0.3, 0.4) is 0 Å². The molecule has 1 heterocycles. The third-order valence-electron chi connectivity index (χ3n) is 2.56. The molecule has 1 atom stereocenters. The van der Waals surface area contributed by atoms with Crippen LogP contribution in [0.2, 0.25) is 0 Å². The lowest BCUT2D eigenvalue weighted by atomic mass is 9.90. The molecule has 5 heteroatoms. The molecule has 17 heavy (non-hydrogen) atoms. The second kappa shape index (κ2) is 6.14. The summed E-state index contributed by atoms with van der Waals surface area (Å²) in [5.41, 5.74) is -0.568. The van der Waals surface area contributed by atoms with Gasteiger partial charge in [0.25, 0.3) is 0 Å². The molecule has 96 valence electrons. The molecule has 1 unspecified atom stereocenters. The van der Waals surface area contributed by atoms with Crippen LogP contribution >= 0.6 is 11.3 Å². The first-order chi connectivity index (χ1) is 7.98. The van der Waals surface area contributed by atoms with Gasteiger partial charge in [0.15, 0.2) is 0 Å². The molecule has 1 aromatic rings. The van der Waals surface area contributed by atoms with E-state index in [1.807, 2.05) is 31.4 Å². The zero-order valence-corrected chi connectivity index (χ0v) is 11.2. The van der Waals surface area contributed by atoms with Crippen molar-refractivity contribution in [3.63, 3.8) is 0 Å². The van der Waals surface area contributed by atoms with E-state index in [9.17, 15) is 9.90 Å². The minimum atomic E-state index is -0.664. The molecule has 0 aliphatic rings. The van der Waals surface area contributed by atoms with Crippen molar-refractivity contribution in [2.24, 2.45) is 0 Å². The van der Waals surface area contributed by atoms with Gasteiger partial charge in [-0.1, -0.05) is 6.07 Å². The third-order valence-corrected chi connectivity index (χ3v) is 3.76. The SMILES string of the molecule is COCC(O)CNC(=O)C(C)(C)c1cccs1. The maximum absolute atomic E-state index is 12.0. The number of carbonyl (C=O) groups excluding carboxylic acids is 1. The lowest BCUT2D eigenvalue weighted by molar-refractivity contribution is -0.126. The lowest BCUT2D eigenvalue weighted by Gasteiger charge is -2.23. The van der Waals surface area contributed by atoms with E-state index in [1.54, 1.807) is 11.3 Å². The number of rotatable bonds is 6. The minimum absolute atomic E-state index is 0.0879. The van der Waals surface area contributed by atoms with Crippen LogP contribution in [0.15, 0.2) is 17.5 Å². The molecule has 0 saturated heterocycles. The molecule has 0 saturated carbocycles. The summed E-state index contributed by atoms with van der Waals surface area (Å²) in [4.78, 5) is 13.0. The molecule has 0 spiro atoms. The van der Waals surface area contributed by atoms with Crippen molar-refractivity contribution in [1.29, 1.82) is 0 Å². The molecular weight excluding hydrogens is 238 g/mol. The number of ether oxygens (including phenoxy) is 1. The Balaban J connectivity index is 2.52. The number of hydrogen-bond acceptors (Lipinski definition) is 4. The topological polar surface area (TPSA) is 58.6 Å². The van der Waals surface area contributed by atoms with Gasteiger partial charge in [0.2, 0.25) is 5.91 Å². The Hall–Kier alpha value is -0.910. The van der Waals surface area contributed by atoms with Gasteiger partial charge in [-0.05, 0) is 25.3 Å². The molecule has 1 aromatic heterocycles. The van der Waals surface area contributed by atoms with Gasteiger partial charge in [0.05, 0.1) is 18.1 Å². The summed E-state index contributed by atoms with van der Waals surface area (Å²) in [7, 11) is 1.51. The van der Waals surface area contributed by atoms with Crippen molar-refractivity contribution in [3.05, 3.63) is 22.4 Å². The van der Waals surface area contributed by atoms with Gasteiger partial charge >= 0.3 is 0 Å². The van der Waals surface area contributed by atoms with E-state index in [-0.39, 0.29) is 19.1 Å². The van der Waals surface area contributed by atoms with Crippen molar-refractivity contribution in [3.8, 4) is 0 Å². The zero-order valence-electron chi connectivity index (χ0n) is 10.4. The standard InChI is InChI=1S/C12H19NO3S/c1-12(2,10-5-4-6-17-10)11(15)13-7-9(14)8-16-3/h4-6,9,14H,7-8H2,1-3H3,(H,13,15). The fraction of sp³-hybridized carbons (Fsp3) is 0.583. The van der Waals surface area contributed by atoms with E-state index in [2.05, 4.69) is 5.32 Å². The average molecular weight is 257 g/mol. The summed E-state index contributed by atoms with van der Waals surface area (Å²) in [6.45, 7) is 4.18. The molecule has 0 fully saturated rings. The summed E-state index contributed by atoms with van der Waals surface area (Å²) in [5.74, 6) is -0.0879. The number of aliphatic hydroxyl groups excluding tert-OH is 1. The first kappa shape index (κ1) is 14.2. The van der Waals surface area contributed by atoms with Crippen molar-refractivity contribution in [2.45, 2.75) is 25.4 Å². The Labute approximate surface area is 106 Å². The molecule has 1 rings (SSSR count). The summed E-state index contributed by atoms with van der Waals surface area (Å²) in [5, 5.41) is 14.1. The Kier molecular flexibility index (Phi) is 5.11. The number of carbonyl (C=O) groups is 1. The molecule has 0 aliphatic heterocycles. The van der Waals surface area contributed by atoms with Crippen molar-refractivity contribution >= 4 is 17.2 Å². The number of thiophene rings is 1. The van der Waals surface area contributed by atoms with Crippen LogP contribution in [0.1, 0.15) is 18.7 Å². The van der Waals surface area contributed by atoms with E-state index >= 15 is 0 Å². The van der Waals surface area contributed by atoms with Crippen molar-refractivity contribution in [2.75, 3.05) is 20.3 Å². The molecule has 2 N–H and O–H groups in total. The monoisotopic (exact) mass is 257 g/mol. The fourth-order valence-electron chi connectivity index (χ4n) is 1.43. The maximum Gasteiger partial charge on any atom is 0.231 e. The molecule has 0 aromatic carbocycles. The summed E-state index contributed by atoms with van der Waals surface area (Å²) >= 11 is 1.55. The highest BCUT2D eigenvalue weighted by atomic mass is 32.1. The smallest absolute Gasteiger partial charge is 0.231 e. The summed E-state index contributed by atoms with van der Waals surface area (Å²) in [6, 6.07) is 3.87. The maximum atomic E-state index is 12.0. The van der Waals surface area contributed by atoms with Crippen LogP contribution in [-0.2, 0) is 14.9 Å². The largest absolute Gasteiger partial charge is 0.389 e. The van der Waals surface area contributed by atoms with Gasteiger partial charge in [-0.25, -0.2) is 0 Å². The Morgan fingerprint density at radius 2 is 2.35 bits per heavy atom. The highest BCUT2D eigenvalue weighted by molar-refractivity contribution is 7.10. The van der Waals surface area contributed by atoms with E-state index in [0.29, 0.717) is 0 Å². The predicted molar refractivity (Wildman–Crippen MR) is 68.2 cm³/mol. The van der Waals surface area contributed by atoms with E-state index < -0.39 is 11.5 Å². The number of aliphatic hydroxyl groups is 1. The van der Waals surface area contributed by atoms with Gasteiger partial charge in [0.1, 0.15) is 0 Å². The molecule has 0 aliphatic carbocycles. The first-order valence-corrected chi connectivity index (χ1v) is 6.35. The fourth-order valence-corrected chi connectivity index (χ4v) is 2.28. The van der Waals surface area contributed by atoms with Crippen molar-refractivity contribution in [1.82, 2.24) is 5.32 Å².